The zero-order valence-electron chi connectivity index (χ0n) is 11.3. The van der Waals surface area contributed by atoms with E-state index in [-0.39, 0.29) is 5.69 Å². The third-order valence-electron chi connectivity index (χ3n) is 2.89. The Labute approximate surface area is 116 Å². The summed E-state index contributed by atoms with van der Waals surface area (Å²) in [4.78, 5) is 10.1. The lowest BCUT2D eigenvalue weighted by Crippen LogP contribution is -2.29. The first-order chi connectivity index (χ1) is 8.99. The Morgan fingerprint density at radius 3 is 2.53 bits per heavy atom. The lowest BCUT2D eigenvalue weighted by atomic mass is 10.1. The molecule has 1 rings (SSSR count). The van der Waals surface area contributed by atoms with Gasteiger partial charge in [-0.2, -0.15) is 0 Å². The van der Waals surface area contributed by atoms with E-state index in [0.29, 0.717) is 11.8 Å². The van der Waals surface area contributed by atoms with Crippen molar-refractivity contribution >= 4 is 16.5 Å². The minimum Gasteiger partial charge on any atom is -0.314 e. The van der Waals surface area contributed by atoms with E-state index in [1.54, 1.807) is 18.4 Å². The van der Waals surface area contributed by atoms with Gasteiger partial charge in [-0.3, -0.25) is 14.3 Å². The summed E-state index contributed by atoms with van der Waals surface area (Å²) in [6.45, 7) is 2.89. The number of nitro benzene ring substituents is 1. The Balaban J connectivity index is 2.29. The molecule has 1 aromatic carbocycles. The zero-order chi connectivity index (χ0) is 14.3. The predicted octanol–water partition coefficient (Wildman–Crippen LogP) is 1.88. The maximum absolute atomic E-state index is 11.0. The Bertz CT molecular complexity index is 434. The van der Waals surface area contributed by atoms with E-state index in [4.69, 9.17) is 0 Å². The number of rotatable bonds is 8. The van der Waals surface area contributed by atoms with E-state index >= 15 is 0 Å². The highest BCUT2D eigenvalue weighted by Gasteiger charge is 2.05. The van der Waals surface area contributed by atoms with Crippen molar-refractivity contribution in [1.82, 2.24) is 5.32 Å². The normalized spacial score (nSPS) is 14.0. The molecule has 0 spiro atoms. The van der Waals surface area contributed by atoms with Crippen molar-refractivity contribution in [3.05, 3.63) is 39.9 Å². The minimum atomic E-state index is -0.739. The van der Waals surface area contributed by atoms with Crippen molar-refractivity contribution in [2.45, 2.75) is 25.8 Å². The third kappa shape index (κ3) is 6.45. The van der Waals surface area contributed by atoms with Gasteiger partial charge in [0, 0.05) is 41.0 Å². The van der Waals surface area contributed by atoms with Crippen LogP contribution in [0.3, 0.4) is 0 Å². The van der Waals surface area contributed by atoms with Crippen molar-refractivity contribution in [2.24, 2.45) is 0 Å². The maximum atomic E-state index is 11.0. The van der Waals surface area contributed by atoms with Crippen LogP contribution in [0.5, 0.6) is 0 Å². The zero-order valence-corrected chi connectivity index (χ0v) is 12.1. The summed E-state index contributed by atoms with van der Waals surface area (Å²) in [6, 6.07) is 6.96. The van der Waals surface area contributed by atoms with Crippen LogP contribution in [0.25, 0.3) is 0 Å². The number of nitrogens with zero attached hydrogens (tertiary/aromatic N) is 1. The maximum Gasteiger partial charge on any atom is 0.269 e. The first-order valence-corrected chi connectivity index (χ1v) is 7.98. The van der Waals surface area contributed by atoms with Gasteiger partial charge in [0.15, 0.2) is 0 Å². The molecular formula is C13H20N2O3S. The molecule has 2 unspecified atom stereocenters. The van der Waals surface area contributed by atoms with Crippen molar-refractivity contribution in [2.75, 3.05) is 18.6 Å². The van der Waals surface area contributed by atoms with E-state index in [1.807, 2.05) is 0 Å². The molecule has 0 bridgehead atoms. The molecule has 2 atom stereocenters. The van der Waals surface area contributed by atoms with Gasteiger partial charge in [-0.1, -0.05) is 12.1 Å². The van der Waals surface area contributed by atoms with Gasteiger partial charge in [0.05, 0.1) is 4.92 Å². The van der Waals surface area contributed by atoms with E-state index in [1.165, 1.54) is 12.1 Å². The van der Waals surface area contributed by atoms with Crippen LogP contribution in [0.1, 0.15) is 18.9 Å². The van der Waals surface area contributed by atoms with Crippen LogP contribution in [0.2, 0.25) is 0 Å². The van der Waals surface area contributed by atoms with Crippen LogP contribution in [-0.2, 0) is 17.2 Å². The van der Waals surface area contributed by atoms with Gasteiger partial charge in [0.2, 0.25) is 0 Å². The molecule has 6 heteroatoms. The number of hydrogen-bond acceptors (Lipinski definition) is 4. The summed E-state index contributed by atoms with van der Waals surface area (Å²) in [7, 11) is -0.739. The van der Waals surface area contributed by atoms with Crippen LogP contribution in [-0.4, -0.2) is 33.7 Å². The van der Waals surface area contributed by atoms with Crippen LogP contribution >= 0.6 is 0 Å². The molecule has 0 radical (unpaired) electrons. The summed E-state index contributed by atoms with van der Waals surface area (Å²) in [5.74, 6) is 0.714. The minimum absolute atomic E-state index is 0.121. The van der Waals surface area contributed by atoms with Crippen molar-refractivity contribution < 1.29 is 9.13 Å². The van der Waals surface area contributed by atoms with E-state index in [9.17, 15) is 14.3 Å². The molecule has 0 saturated carbocycles. The Kier molecular flexibility index (Phi) is 6.66. The molecule has 19 heavy (non-hydrogen) atoms. The summed E-state index contributed by atoms with van der Waals surface area (Å²) in [5, 5.41) is 13.9. The van der Waals surface area contributed by atoms with Gasteiger partial charge in [-0.05, 0) is 31.9 Å². The third-order valence-corrected chi connectivity index (χ3v) is 3.70. The molecule has 0 amide bonds. The van der Waals surface area contributed by atoms with E-state index in [0.717, 1.165) is 24.9 Å². The highest BCUT2D eigenvalue weighted by Crippen LogP contribution is 2.11. The Morgan fingerprint density at radius 1 is 1.37 bits per heavy atom. The molecular weight excluding hydrogens is 264 g/mol. The van der Waals surface area contributed by atoms with Crippen molar-refractivity contribution in [1.29, 1.82) is 0 Å². The number of benzene rings is 1. The summed E-state index contributed by atoms with van der Waals surface area (Å²) in [5.41, 5.74) is 1.19. The highest BCUT2D eigenvalue weighted by atomic mass is 32.2. The SMILES string of the molecule is CC(CCS(C)=O)NCCc1ccc([N+](=O)[O-])cc1. The van der Waals surface area contributed by atoms with Crippen molar-refractivity contribution in [3.63, 3.8) is 0 Å². The second-order valence-electron chi connectivity index (χ2n) is 4.59. The fraction of sp³-hybridized carbons (Fsp3) is 0.538. The van der Waals surface area contributed by atoms with Crippen LogP contribution in [0.4, 0.5) is 5.69 Å². The molecule has 0 aliphatic rings. The lowest BCUT2D eigenvalue weighted by Gasteiger charge is -2.12. The highest BCUT2D eigenvalue weighted by molar-refractivity contribution is 7.84. The summed E-state index contributed by atoms with van der Waals surface area (Å²) in [6.07, 6.45) is 3.44. The number of nitro groups is 1. The molecule has 106 valence electrons. The monoisotopic (exact) mass is 284 g/mol. The first kappa shape index (κ1) is 15.8. The number of nitrogens with one attached hydrogen (secondary N) is 1. The predicted molar refractivity (Wildman–Crippen MR) is 77.8 cm³/mol. The molecule has 0 aliphatic heterocycles. The average molecular weight is 284 g/mol. The van der Waals surface area contributed by atoms with Gasteiger partial charge >= 0.3 is 0 Å². The molecule has 1 N–H and O–H groups in total. The van der Waals surface area contributed by atoms with Crippen LogP contribution < -0.4 is 5.32 Å². The van der Waals surface area contributed by atoms with Gasteiger partial charge < -0.3 is 5.32 Å². The van der Waals surface area contributed by atoms with Crippen LogP contribution in [0.15, 0.2) is 24.3 Å². The number of non-ortho nitro benzene ring substituents is 1. The molecule has 0 aromatic heterocycles. The Morgan fingerprint density at radius 2 is 2.00 bits per heavy atom. The fourth-order valence-electron chi connectivity index (χ4n) is 1.69. The van der Waals surface area contributed by atoms with Gasteiger partial charge in [-0.15, -0.1) is 0 Å². The molecule has 1 aromatic rings. The lowest BCUT2D eigenvalue weighted by molar-refractivity contribution is -0.384. The van der Waals surface area contributed by atoms with Gasteiger partial charge in [0.1, 0.15) is 0 Å². The number of hydrogen-bond donors (Lipinski definition) is 1. The van der Waals surface area contributed by atoms with Crippen molar-refractivity contribution in [3.8, 4) is 0 Å². The quantitative estimate of drug-likeness (QED) is 0.584. The van der Waals surface area contributed by atoms with E-state index in [2.05, 4.69) is 12.2 Å². The average Bonchev–Trinajstić information content (AvgIpc) is 2.37. The molecule has 0 fully saturated rings. The molecule has 5 nitrogen and oxygen atoms in total. The molecule has 0 saturated heterocycles. The smallest absolute Gasteiger partial charge is 0.269 e. The summed E-state index contributed by atoms with van der Waals surface area (Å²) < 4.78 is 11.0. The molecule has 0 heterocycles. The Hall–Kier alpha value is -1.27. The standard InChI is InChI=1S/C13H20N2O3S/c1-11(8-10-19(2)18)14-9-7-12-3-5-13(6-4-12)15(16)17/h3-6,11,14H,7-10H2,1-2H3. The summed E-state index contributed by atoms with van der Waals surface area (Å²) >= 11 is 0. The van der Waals surface area contributed by atoms with Crippen LogP contribution in [0, 0.1) is 10.1 Å². The fourth-order valence-corrected chi connectivity index (χ4v) is 2.38. The largest absolute Gasteiger partial charge is 0.314 e. The second kappa shape index (κ2) is 8.01. The van der Waals surface area contributed by atoms with E-state index < -0.39 is 15.7 Å². The topological polar surface area (TPSA) is 72.2 Å². The molecule has 0 aliphatic carbocycles. The van der Waals surface area contributed by atoms with Gasteiger partial charge in [0.25, 0.3) is 5.69 Å². The van der Waals surface area contributed by atoms with Gasteiger partial charge in [-0.25, -0.2) is 0 Å². The first-order valence-electron chi connectivity index (χ1n) is 6.26. The second-order valence-corrected chi connectivity index (χ2v) is 6.15.